The molecule has 0 aromatic heterocycles. The minimum atomic E-state index is -2.47. The van der Waals surface area contributed by atoms with Gasteiger partial charge < -0.3 is 10.6 Å². The van der Waals surface area contributed by atoms with Crippen molar-refractivity contribution in [1.29, 1.82) is 0 Å². The standard InChI is InChI=1S/C14H20F2N2/c1-9-5-6-18(8-10(9)2)13-4-3-11(17)7-12(13)14(15)16/h3-4,7,9-10,14H,5-6,8,17H2,1-2H3. The van der Waals surface area contributed by atoms with Crippen LogP contribution in [0.25, 0.3) is 0 Å². The normalized spacial score (nSPS) is 24.6. The number of alkyl halides is 2. The lowest BCUT2D eigenvalue weighted by Gasteiger charge is -2.37. The molecule has 18 heavy (non-hydrogen) atoms. The van der Waals surface area contributed by atoms with Gasteiger partial charge in [0.25, 0.3) is 6.43 Å². The zero-order chi connectivity index (χ0) is 13.3. The van der Waals surface area contributed by atoms with Crippen LogP contribution in [0, 0.1) is 11.8 Å². The van der Waals surface area contributed by atoms with Gasteiger partial charge in [0.1, 0.15) is 0 Å². The highest BCUT2D eigenvalue weighted by molar-refractivity contribution is 5.60. The Hall–Kier alpha value is -1.32. The second-order valence-electron chi connectivity index (χ2n) is 5.31. The molecular formula is C14H20F2N2. The number of anilines is 2. The molecular weight excluding hydrogens is 234 g/mol. The van der Waals surface area contributed by atoms with Crippen LogP contribution >= 0.6 is 0 Å². The molecule has 1 fully saturated rings. The van der Waals surface area contributed by atoms with Crippen molar-refractivity contribution in [3.8, 4) is 0 Å². The van der Waals surface area contributed by atoms with Crippen LogP contribution in [-0.4, -0.2) is 13.1 Å². The van der Waals surface area contributed by atoms with Crippen LogP contribution in [0.5, 0.6) is 0 Å². The van der Waals surface area contributed by atoms with E-state index in [2.05, 4.69) is 18.7 Å². The van der Waals surface area contributed by atoms with Gasteiger partial charge in [0, 0.05) is 30.0 Å². The fourth-order valence-electron chi connectivity index (χ4n) is 2.52. The van der Waals surface area contributed by atoms with E-state index in [0.717, 1.165) is 19.5 Å². The molecule has 1 heterocycles. The van der Waals surface area contributed by atoms with Crippen molar-refractivity contribution < 1.29 is 8.78 Å². The molecule has 0 bridgehead atoms. The van der Waals surface area contributed by atoms with E-state index in [1.54, 1.807) is 12.1 Å². The molecule has 0 aliphatic carbocycles. The fourth-order valence-corrected chi connectivity index (χ4v) is 2.52. The quantitative estimate of drug-likeness (QED) is 0.816. The van der Waals surface area contributed by atoms with Crippen molar-refractivity contribution in [2.24, 2.45) is 11.8 Å². The minimum absolute atomic E-state index is 0.0525. The number of hydrogen-bond acceptors (Lipinski definition) is 2. The first kappa shape index (κ1) is 13.1. The van der Waals surface area contributed by atoms with Crippen molar-refractivity contribution in [1.82, 2.24) is 0 Å². The number of halogens is 2. The summed E-state index contributed by atoms with van der Waals surface area (Å²) in [6.07, 6.45) is -1.42. The summed E-state index contributed by atoms with van der Waals surface area (Å²) in [5.41, 5.74) is 6.68. The number of rotatable bonds is 2. The predicted octanol–water partition coefficient (Wildman–Crippen LogP) is 3.69. The molecule has 2 N–H and O–H groups in total. The first-order chi connectivity index (χ1) is 8.49. The highest BCUT2D eigenvalue weighted by Crippen LogP contribution is 2.35. The Balaban J connectivity index is 2.28. The first-order valence-corrected chi connectivity index (χ1v) is 6.41. The van der Waals surface area contributed by atoms with Gasteiger partial charge in [-0.1, -0.05) is 13.8 Å². The summed E-state index contributed by atoms with van der Waals surface area (Å²) in [6.45, 7) is 6.08. The Bertz CT molecular complexity index is 420. The molecule has 2 nitrogen and oxygen atoms in total. The fraction of sp³-hybridized carbons (Fsp3) is 0.571. The van der Waals surface area contributed by atoms with Crippen LogP contribution in [0.3, 0.4) is 0 Å². The van der Waals surface area contributed by atoms with Crippen LogP contribution < -0.4 is 10.6 Å². The van der Waals surface area contributed by atoms with E-state index in [1.165, 1.54) is 6.07 Å². The Morgan fingerprint density at radius 1 is 1.28 bits per heavy atom. The maximum absolute atomic E-state index is 13.1. The Kier molecular flexibility index (Phi) is 3.73. The van der Waals surface area contributed by atoms with Crippen molar-refractivity contribution in [3.05, 3.63) is 23.8 Å². The number of hydrogen-bond donors (Lipinski definition) is 1. The third kappa shape index (κ3) is 2.57. The molecule has 0 radical (unpaired) electrons. The van der Waals surface area contributed by atoms with E-state index in [-0.39, 0.29) is 5.56 Å². The minimum Gasteiger partial charge on any atom is -0.399 e. The number of nitrogens with zero attached hydrogens (tertiary/aromatic N) is 1. The molecule has 0 spiro atoms. The van der Waals surface area contributed by atoms with E-state index >= 15 is 0 Å². The Morgan fingerprint density at radius 2 is 2.00 bits per heavy atom. The predicted molar refractivity (Wildman–Crippen MR) is 71.0 cm³/mol. The number of nitrogen functional groups attached to an aromatic ring is 1. The summed E-state index contributed by atoms with van der Waals surface area (Å²) in [4.78, 5) is 2.06. The molecule has 1 aromatic carbocycles. The lowest BCUT2D eigenvalue weighted by atomic mass is 9.88. The van der Waals surface area contributed by atoms with Crippen LogP contribution in [-0.2, 0) is 0 Å². The number of piperidine rings is 1. The smallest absolute Gasteiger partial charge is 0.265 e. The maximum atomic E-state index is 13.1. The largest absolute Gasteiger partial charge is 0.399 e. The van der Waals surface area contributed by atoms with E-state index in [9.17, 15) is 8.78 Å². The lowest BCUT2D eigenvalue weighted by Crippen LogP contribution is -2.38. The van der Waals surface area contributed by atoms with E-state index in [4.69, 9.17) is 5.73 Å². The highest BCUT2D eigenvalue weighted by atomic mass is 19.3. The molecule has 2 unspecified atom stereocenters. The lowest BCUT2D eigenvalue weighted by molar-refractivity contribution is 0.151. The van der Waals surface area contributed by atoms with Gasteiger partial charge in [0.2, 0.25) is 0 Å². The van der Waals surface area contributed by atoms with Gasteiger partial charge in [0.15, 0.2) is 0 Å². The summed E-state index contributed by atoms with van der Waals surface area (Å²) in [6, 6.07) is 4.81. The van der Waals surface area contributed by atoms with Gasteiger partial charge in [-0.25, -0.2) is 8.78 Å². The Labute approximate surface area is 107 Å². The van der Waals surface area contributed by atoms with Crippen LogP contribution in [0.1, 0.15) is 32.3 Å². The summed E-state index contributed by atoms with van der Waals surface area (Å²) >= 11 is 0. The molecule has 0 saturated carbocycles. The molecule has 2 rings (SSSR count). The van der Waals surface area contributed by atoms with Crippen LogP contribution in [0.15, 0.2) is 18.2 Å². The second kappa shape index (κ2) is 5.12. The van der Waals surface area contributed by atoms with Gasteiger partial charge >= 0.3 is 0 Å². The van der Waals surface area contributed by atoms with Crippen molar-refractivity contribution in [2.45, 2.75) is 26.7 Å². The third-order valence-corrected chi connectivity index (χ3v) is 3.96. The number of benzene rings is 1. The monoisotopic (exact) mass is 254 g/mol. The van der Waals surface area contributed by atoms with Gasteiger partial charge in [-0.3, -0.25) is 0 Å². The molecule has 100 valence electrons. The second-order valence-corrected chi connectivity index (χ2v) is 5.31. The average Bonchev–Trinajstić information content (AvgIpc) is 2.32. The maximum Gasteiger partial charge on any atom is 0.265 e. The summed E-state index contributed by atoms with van der Waals surface area (Å²) in [5, 5.41) is 0. The third-order valence-electron chi connectivity index (χ3n) is 3.96. The summed E-state index contributed by atoms with van der Waals surface area (Å²) < 4.78 is 26.1. The molecule has 4 heteroatoms. The molecule has 2 atom stereocenters. The zero-order valence-electron chi connectivity index (χ0n) is 10.9. The van der Waals surface area contributed by atoms with E-state index < -0.39 is 6.43 Å². The SMILES string of the molecule is CC1CCN(c2ccc(N)cc2C(F)F)CC1C. The topological polar surface area (TPSA) is 29.3 Å². The van der Waals surface area contributed by atoms with Crippen LogP contribution in [0.4, 0.5) is 20.2 Å². The molecule has 1 saturated heterocycles. The average molecular weight is 254 g/mol. The highest BCUT2D eigenvalue weighted by Gasteiger charge is 2.25. The van der Waals surface area contributed by atoms with Crippen molar-refractivity contribution >= 4 is 11.4 Å². The number of nitrogens with two attached hydrogens (primary N) is 1. The molecule has 1 aromatic rings. The summed E-state index contributed by atoms with van der Waals surface area (Å²) in [5.74, 6) is 1.19. The van der Waals surface area contributed by atoms with Crippen LogP contribution in [0.2, 0.25) is 0 Å². The molecule has 1 aliphatic heterocycles. The van der Waals surface area contributed by atoms with Gasteiger partial charge in [0.05, 0.1) is 0 Å². The van der Waals surface area contributed by atoms with E-state index in [0.29, 0.717) is 23.2 Å². The zero-order valence-corrected chi connectivity index (χ0v) is 10.9. The first-order valence-electron chi connectivity index (χ1n) is 6.41. The van der Waals surface area contributed by atoms with Gasteiger partial charge in [-0.2, -0.15) is 0 Å². The molecule has 1 aliphatic rings. The Morgan fingerprint density at radius 3 is 2.61 bits per heavy atom. The van der Waals surface area contributed by atoms with Gasteiger partial charge in [-0.05, 0) is 36.5 Å². The van der Waals surface area contributed by atoms with Crippen molar-refractivity contribution in [3.63, 3.8) is 0 Å². The summed E-state index contributed by atoms with van der Waals surface area (Å²) in [7, 11) is 0. The van der Waals surface area contributed by atoms with Crippen molar-refractivity contribution in [2.75, 3.05) is 23.7 Å². The van der Waals surface area contributed by atoms with E-state index in [1.807, 2.05) is 0 Å². The molecule has 0 amide bonds. The van der Waals surface area contributed by atoms with Gasteiger partial charge in [-0.15, -0.1) is 0 Å².